The summed E-state index contributed by atoms with van der Waals surface area (Å²) in [4.78, 5) is 33.5. The first-order valence-corrected chi connectivity index (χ1v) is 12.5. The molecule has 36 heavy (non-hydrogen) atoms. The lowest BCUT2D eigenvalue weighted by atomic mass is 10.1. The lowest BCUT2D eigenvalue weighted by Gasteiger charge is -2.16. The van der Waals surface area contributed by atoms with E-state index in [-0.39, 0.29) is 33.9 Å². The molecule has 0 radical (unpaired) electrons. The Morgan fingerprint density at radius 3 is 2.61 bits per heavy atom. The van der Waals surface area contributed by atoms with Gasteiger partial charge in [0.15, 0.2) is 0 Å². The maximum absolute atomic E-state index is 14.9. The van der Waals surface area contributed by atoms with Crippen LogP contribution in [-0.4, -0.2) is 35.9 Å². The number of carbonyl (C=O) groups is 1. The van der Waals surface area contributed by atoms with E-state index in [1.54, 1.807) is 19.1 Å². The highest BCUT2D eigenvalue weighted by molar-refractivity contribution is 7.91. The van der Waals surface area contributed by atoms with Crippen LogP contribution in [0.5, 0.6) is 0 Å². The Morgan fingerprint density at radius 2 is 1.97 bits per heavy atom. The summed E-state index contributed by atoms with van der Waals surface area (Å²) in [5.74, 6) is -1.79. The summed E-state index contributed by atoms with van der Waals surface area (Å²) in [5.41, 5.74) is 6.56. The number of nitrogens with two attached hydrogens (primary N) is 1. The molecular weight excluding hydrogens is 487 g/mol. The molecule has 0 atom stereocenters. The van der Waals surface area contributed by atoms with Crippen LogP contribution < -0.4 is 21.2 Å². The van der Waals surface area contributed by atoms with Gasteiger partial charge in [0.2, 0.25) is 15.5 Å². The van der Waals surface area contributed by atoms with Crippen LogP contribution in [0.3, 0.4) is 0 Å². The fourth-order valence-corrected chi connectivity index (χ4v) is 5.00. The first-order valence-electron chi connectivity index (χ1n) is 10.9. The molecule has 0 spiro atoms. The maximum atomic E-state index is 14.9. The van der Waals surface area contributed by atoms with E-state index in [0.717, 1.165) is 6.07 Å². The van der Waals surface area contributed by atoms with E-state index in [1.807, 2.05) is 0 Å². The zero-order valence-corrected chi connectivity index (χ0v) is 20.3. The molecule has 1 amide bonds. The summed E-state index contributed by atoms with van der Waals surface area (Å²) >= 11 is 0. The molecule has 10 nitrogen and oxygen atoms in total. The Kier molecular flexibility index (Phi) is 6.71. The highest BCUT2D eigenvalue weighted by Crippen LogP contribution is 2.26. The number of nitrogens with zero attached hydrogens (tertiary/aromatic N) is 3. The average Bonchev–Trinajstić information content (AvgIpc) is 2.85. The van der Waals surface area contributed by atoms with Crippen LogP contribution in [-0.2, 0) is 22.3 Å². The third-order valence-corrected chi connectivity index (χ3v) is 6.77. The molecule has 0 aliphatic heterocycles. The molecule has 0 bridgehead atoms. The van der Waals surface area contributed by atoms with Gasteiger partial charge in [0.05, 0.1) is 22.5 Å². The number of aryl methyl sites for hydroxylation is 1. The van der Waals surface area contributed by atoms with Crippen molar-refractivity contribution in [2.24, 2.45) is 0 Å². The van der Waals surface area contributed by atoms with E-state index in [9.17, 15) is 22.4 Å². The van der Waals surface area contributed by atoms with E-state index < -0.39 is 27.2 Å². The smallest absolute Gasteiger partial charge is 0.258 e. The summed E-state index contributed by atoms with van der Waals surface area (Å²) in [5, 5.41) is 2.60. The normalized spacial score (nSPS) is 11.4. The third-order valence-electron chi connectivity index (χ3n) is 5.53. The number of halogens is 1. The topological polar surface area (TPSA) is 149 Å². The third kappa shape index (κ3) is 4.75. The summed E-state index contributed by atoms with van der Waals surface area (Å²) in [6, 6.07) is 10.2. The number of fused-ring (bicyclic) bond motifs is 1. The first kappa shape index (κ1) is 24.8. The second-order valence-corrected chi connectivity index (χ2v) is 9.62. The van der Waals surface area contributed by atoms with Crippen LogP contribution in [0.25, 0.3) is 22.3 Å². The molecule has 4 aromatic rings. The Bertz CT molecular complexity index is 1640. The van der Waals surface area contributed by atoms with Crippen LogP contribution in [0.4, 0.5) is 15.9 Å². The van der Waals surface area contributed by atoms with Gasteiger partial charge in [0.25, 0.3) is 5.91 Å². The Morgan fingerprint density at radius 1 is 1.19 bits per heavy atom. The van der Waals surface area contributed by atoms with Crippen LogP contribution >= 0.6 is 0 Å². The standard InChI is InChI=1S/C24H23FN6O4S/c1-3-31-22(26)20(24(33)27-2)21(32)16-7-9-18(29-23(16)31)15-6-8-19(17(25)11-15)30-36(34,35)13-14-5-4-10-28-12-14/h4-12,30H,3,13,26H2,1-2H3,(H,27,33). The fraction of sp³-hybridized carbons (Fsp3) is 0.167. The number of nitrogens with one attached hydrogen (secondary N) is 2. The van der Waals surface area contributed by atoms with Gasteiger partial charge in [-0.05, 0) is 42.8 Å². The fourth-order valence-electron chi connectivity index (χ4n) is 3.82. The predicted molar refractivity (Wildman–Crippen MR) is 135 cm³/mol. The number of nitrogen functional groups attached to an aromatic ring is 1. The summed E-state index contributed by atoms with van der Waals surface area (Å²) in [6.45, 7) is 2.11. The van der Waals surface area contributed by atoms with Crippen molar-refractivity contribution in [3.63, 3.8) is 0 Å². The van der Waals surface area contributed by atoms with E-state index in [0.29, 0.717) is 23.4 Å². The number of hydrogen-bond acceptors (Lipinski definition) is 7. The summed E-state index contributed by atoms with van der Waals surface area (Å²) in [6.07, 6.45) is 2.95. The monoisotopic (exact) mass is 510 g/mol. The molecule has 4 rings (SSSR count). The van der Waals surface area contributed by atoms with E-state index in [2.05, 4.69) is 20.0 Å². The molecule has 0 fully saturated rings. The molecule has 4 N–H and O–H groups in total. The molecule has 12 heteroatoms. The first-order chi connectivity index (χ1) is 17.1. The molecule has 0 aliphatic rings. The molecular formula is C24H23FN6O4S. The zero-order chi connectivity index (χ0) is 26.0. The molecule has 0 unspecified atom stereocenters. The molecule has 0 saturated carbocycles. The quantitative estimate of drug-likeness (QED) is 0.346. The number of sulfonamides is 1. The van der Waals surface area contributed by atoms with Crippen molar-refractivity contribution in [2.75, 3.05) is 17.5 Å². The van der Waals surface area contributed by atoms with Gasteiger partial charge in [-0.2, -0.15) is 0 Å². The van der Waals surface area contributed by atoms with Gasteiger partial charge in [0, 0.05) is 31.5 Å². The van der Waals surface area contributed by atoms with Gasteiger partial charge in [0.1, 0.15) is 22.8 Å². The zero-order valence-electron chi connectivity index (χ0n) is 19.4. The maximum Gasteiger partial charge on any atom is 0.258 e. The van der Waals surface area contributed by atoms with Crippen molar-refractivity contribution in [1.82, 2.24) is 19.9 Å². The number of hydrogen-bond donors (Lipinski definition) is 3. The number of benzene rings is 1. The molecule has 3 aromatic heterocycles. The van der Waals surface area contributed by atoms with E-state index >= 15 is 0 Å². The minimum absolute atomic E-state index is 0.0245. The van der Waals surface area contributed by atoms with Gasteiger partial charge in [-0.3, -0.25) is 19.3 Å². The summed E-state index contributed by atoms with van der Waals surface area (Å²) in [7, 11) is -2.48. The highest BCUT2D eigenvalue weighted by Gasteiger charge is 2.21. The van der Waals surface area contributed by atoms with Crippen LogP contribution in [0.1, 0.15) is 22.8 Å². The van der Waals surface area contributed by atoms with Crippen molar-refractivity contribution < 1.29 is 17.6 Å². The minimum atomic E-state index is -3.88. The largest absolute Gasteiger partial charge is 0.384 e. The Hall–Kier alpha value is -4.32. The average molecular weight is 511 g/mol. The second-order valence-electron chi connectivity index (χ2n) is 7.90. The number of pyridine rings is 3. The SMILES string of the molecule is CCn1c(N)c(C(=O)NC)c(=O)c2ccc(-c3ccc(NS(=O)(=O)Cc4cccnc4)c(F)c3)nc21. The highest BCUT2D eigenvalue weighted by atomic mass is 32.2. The van der Waals surface area contributed by atoms with Crippen molar-refractivity contribution >= 4 is 38.5 Å². The van der Waals surface area contributed by atoms with Crippen molar-refractivity contribution in [3.05, 3.63) is 82.0 Å². The Labute approximate surface area is 206 Å². The van der Waals surface area contributed by atoms with Gasteiger partial charge < -0.3 is 15.6 Å². The molecule has 0 saturated heterocycles. The van der Waals surface area contributed by atoms with Gasteiger partial charge in [-0.25, -0.2) is 17.8 Å². The van der Waals surface area contributed by atoms with Crippen molar-refractivity contribution in [2.45, 2.75) is 19.2 Å². The van der Waals surface area contributed by atoms with Crippen LogP contribution in [0.2, 0.25) is 0 Å². The molecule has 0 aliphatic carbocycles. The lowest BCUT2D eigenvalue weighted by Crippen LogP contribution is -2.30. The van der Waals surface area contributed by atoms with E-state index in [1.165, 1.54) is 48.3 Å². The van der Waals surface area contributed by atoms with Crippen molar-refractivity contribution in [3.8, 4) is 11.3 Å². The molecule has 186 valence electrons. The lowest BCUT2D eigenvalue weighted by molar-refractivity contribution is 0.0962. The number of carbonyl (C=O) groups excluding carboxylic acids is 1. The van der Waals surface area contributed by atoms with Gasteiger partial charge >= 0.3 is 0 Å². The molecule has 3 heterocycles. The minimum Gasteiger partial charge on any atom is -0.384 e. The second kappa shape index (κ2) is 9.74. The van der Waals surface area contributed by atoms with Gasteiger partial charge in [-0.1, -0.05) is 12.1 Å². The van der Waals surface area contributed by atoms with Crippen LogP contribution in [0.15, 0.2) is 59.7 Å². The summed E-state index contributed by atoms with van der Waals surface area (Å²) < 4.78 is 43.6. The number of amides is 1. The van der Waals surface area contributed by atoms with Crippen molar-refractivity contribution in [1.29, 1.82) is 0 Å². The number of rotatable bonds is 7. The number of aromatic nitrogens is 3. The number of anilines is 2. The predicted octanol–water partition coefficient (Wildman–Crippen LogP) is 2.50. The Balaban J connectivity index is 1.70. The van der Waals surface area contributed by atoms with E-state index in [4.69, 9.17) is 5.73 Å². The van der Waals surface area contributed by atoms with Gasteiger partial charge in [-0.15, -0.1) is 0 Å². The van der Waals surface area contributed by atoms with Crippen LogP contribution in [0, 0.1) is 5.82 Å². The molecule has 1 aromatic carbocycles.